The molecule has 0 aliphatic heterocycles. The maximum absolute atomic E-state index is 6.43. The zero-order valence-electron chi connectivity index (χ0n) is 26.0. The summed E-state index contributed by atoms with van der Waals surface area (Å²) in [5.74, 6) is 4.17. The molecule has 4 aliphatic rings. The lowest BCUT2D eigenvalue weighted by molar-refractivity contribution is -0.00259. The summed E-state index contributed by atoms with van der Waals surface area (Å²) in [6.45, 7) is 0. The highest BCUT2D eigenvalue weighted by Crippen LogP contribution is 2.61. The van der Waals surface area contributed by atoms with Gasteiger partial charge in [-0.1, -0.05) is 91.0 Å². The minimum Gasteiger partial charge on any atom is -0.456 e. The fourth-order valence-corrected chi connectivity index (χ4v) is 9.95. The normalized spacial score (nSPS) is 23.4. The van der Waals surface area contributed by atoms with Crippen molar-refractivity contribution in [1.29, 1.82) is 0 Å². The van der Waals surface area contributed by atoms with Gasteiger partial charge in [-0.25, -0.2) is 0 Å². The minimum absolute atomic E-state index is 0.636. The summed E-state index contributed by atoms with van der Waals surface area (Å²) in [6, 6.07) is 49.0. The number of benzene rings is 6. The van der Waals surface area contributed by atoms with Crippen molar-refractivity contribution in [2.75, 3.05) is 4.90 Å². The Labute approximate surface area is 270 Å². The molecule has 4 aliphatic carbocycles. The molecule has 11 rings (SSSR count). The standard InChI is InChI=1S/C44H37NO/c1-2-10-36-30(8-1)9-7-13-37(36)31-16-18-34(19-17-31)45(35-20-21-39-38-11-4-6-15-42(38)46-43(39)27-35)41-14-5-3-12-40(41)44-32-23-28-22-29(25-32)26-33(44)24-28/h1-21,27-29,32-33,44H,22-26H2. The van der Waals surface area contributed by atoms with Crippen LogP contribution in [0.1, 0.15) is 43.6 Å². The van der Waals surface area contributed by atoms with Gasteiger partial charge >= 0.3 is 0 Å². The van der Waals surface area contributed by atoms with E-state index in [-0.39, 0.29) is 0 Å². The number of rotatable bonds is 5. The number of nitrogens with zero attached hydrogens (tertiary/aromatic N) is 1. The third-order valence-electron chi connectivity index (χ3n) is 11.6. The molecule has 4 bridgehead atoms. The Hall–Kier alpha value is -4.82. The predicted molar refractivity (Wildman–Crippen MR) is 191 cm³/mol. The number of hydrogen-bond donors (Lipinski definition) is 0. The maximum atomic E-state index is 6.43. The van der Waals surface area contributed by atoms with Gasteiger partial charge in [0.25, 0.3) is 0 Å². The van der Waals surface area contributed by atoms with Crippen molar-refractivity contribution in [1.82, 2.24) is 0 Å². The molecule has 1 aromatic heterocycles. The van der Waals surface area contributed by atoms with Gasteiger partial charge in [0.05, 0.1) is 0 Å². The van der Waals surface area contributed by atoms with E-state index in [1.165, 1.54) is 81.7 Å². The zero-order chi connectivity index (χ0) is 30.2. The summed E-state index contributed by atoms with van der Waals surface area (Å²) >= 11 is 0. The Morgan fingerprint density at radius 1 is 0.500 bits per heavy atom. The molecular weight excluding hydrogens is 558 g/mol. The smallest absolute Gasteiger partial charge is 0.137 e. The van der Waals surface area contributed by atoms with E-state index in [2.05, 4.69) is 138 Å². The largest absolute Gasteiger partial charge is 0.456 e. The number of furan rings is 1. The van der Waals surface area contributed by atoms with Gasteiger partial charge < -0.3 is 9.32 Å². The molecule has 2 heteroatoms. The molecule has 1 heterocycles. The number of anilines is 3. The molecule has 46 heavy (non-hydrogen) atoms. The highest BCUT2D eigenvalue weighted by Gasteiger charge is 2.49. The molecule has 4 fully saturated rings. The molecular formula is C44H37NO. The van der Waals surface area contributed by atoms with E-state index in [1.807, 2.05) is 0 Å². The van der Waals surface area contributed by atoms with Crippen molar-refractivity contribution < 1.29 is 4.42 Å². The number of para-hydroxylation sites is 2. The first-order valence-electron chi connectivity index (χ1n) is 17.2. The fourth-order valence-electron chi connectivity index (χ4n) is 9.95. The SMILES string of the molecule is c1ccc(N(c2ccc(-c3cccc4ccccc34)cc2)c2ccc3c(c2)oc2ccccc23)c(C2C3CC4CC(C3)CC2C4)c1. The Kier molecular flexibility index (Phi) is 5.94. The van der Waals surface area contributed by atoms with Gasteiger partial charge in [0.1, 0.15) is 11.2 Å². The molecule has 2 nitrogen and oxygen atoms in total. The summed E-state index contributed by atoms with van der Waals surface area (Å²) in [5.41, 5.74) is 9.54. The highest BCUT2D eigenvalue weighted by molar-refractivity contribution is 6.06. The van der Waals surface area contributed by atoms with Crippen LogP contribution in [-0.4, -0.2) is 0 Å². The number of fused-ring (bicyclic) bond motifs is 4. The summed E-state index contributed by atoms with van der Waals surface area (Å²) in [5, 5.41) is 4.90. The molecule has 6 aromatic carbocycles. The third kappa shape index (κ3) is 4.16. The Morgan fingerprint density at radius 3 is 1.98 bits per heavy atom. The van der Waals surface area contributed by atoms with Crippen LogP contribution in [0.25, 0.3) is 43.8 Å². The van der Waals surface area contributed by atoms with Crippen LogP contribution in [-0.2, 0) is 0 Å². The van der Waals surface area contributed by atoms with Crippen molar-refractivity contribution in [3.8, 4) is 11.1 Å². The minimum atomic E-state index is 0.636. The lowest BCUT2D eigenvalue weighted by Gasteiger charge is -2.55. The Balaban J connectivity index is 1.13. The lowest BCUT2D eigenvalue weighted by Crippen LogP contribution is -2.44. The summed E-state index contributed by atoms with van der Waals surface area (Å²) < 4.78 is 6.43. The monoisotopic (exact) mass is 595 g/mol. The zero-order valence-corrected chi connectivity index (χ0v) is 26.0. The van der Waals surface area contributed by atoms with Crippen LogP contribution >= 0.6 is 0 Å². The van der Waals surface area contributed by atoms with Gasteiger partial charge in [0.2, 0.25) is 0 Å². The van der Waals surface area contributed by atoms with Crippen molar-refractivity contribution in [2.24, 2.45) is 23.7 Å². The molecule has 4 saturated carbocycles. The first kappa shape index (κ1) is 26.4. The molecule has 0 spiro atoms. The van der Waals surface area contributed by atoms with Crippen LogP contribution < -0.4 is 4.90 Å². The molecule has 7 aromatic rings. The van der Waals surface area contributed by atoms with Crippen LogP contribution in [0.3, 0.4) is 0 Å². The molecule has 0 saturated heterocycles. The van der Waals surface area contributed by atoms with Crippen LogP contribution in [0.15, 0.2) is 138 Å². The van der Waals surface area contributed by atoms with Crippen LogP contribution in [0, 0.1) is 23.7 Å². The fraction of sp³-hybridized carbons (Fsp3) is 0.227. The second-order valence-electron chi connectivity index (χ2n) is 14.2. The van der Waals surface area contributed by atoms with Gasteiger partial charge in [-0.3, -0.25) is 0 Å². The molecule has 0 amide bonds. The molecule has 224 valence electrons. The van der Waals surface area contributed by atoms with Gasteiger partial charge in [-0.2, -0.15) is 0 Å². The van der Waals surface area contributed by atoms with E-state index >= 15 is 0 Å². The van der Waals surface area contributed by atoms with E-state index in [0.717, 1.165) is 40.5 Å². The number of hydrogen-bond acceptors (Lipinski definition) is 2. The van der Waals surface area contributed by atoms with E-state index < -0.39 is 0 Å². The van der Waals surface area contributed by atoms with Gasteiger partial charge in [-0.05, 0) is 126 Å². The quantitative estimate of drug-likeness (QED) is 0.197. The van der Waals surface area contributed by atoms with E-state index in [1.54, 1.807) is 0 Å². The van der Waals surface area contributed by atoms with Gasteiger partial charge in [0.15, 0.2) is 0 Å². The first-order chi connectivity index (χ1) is 22.8. The average molecular weight is 596 g/mol. The maximum Gasteiger partial charge on any atom is 0.137 e. The topological polar surface area (TPSA) is 16.4 Å². The van der Waals surface area contributed by atoms with Gasteiger partial charge in [0, 0.05) is 33.9 Å². The first-order valence-corrected chi connectivity index (χ1v) is 17.2. The van der Waals surface area contributed by atoms with Crippen molar-refractivity contribution in [3.63, 3.8) is 0 Å². The second kappa shape index (κ2) is 10.4. The summed E-state index contributed by atoms with van der Waals surface area (Å²) in [7, 11) is 0. The summed E-state index contributed by atoms with van der Waals surface area (Å²) in [6.07, 6.45) is 7.13. The Morgan fingerprint density at radius 2 is 1.15 bits per heavy atom. The van der Waals surface area contributed by atoms with Crippen molar-refractivity contribution in [3.05, 3.63) is 139 Å². The molecule has 0 radical (unpaired) electrons. The second-order valence-corrected chi connectivity index (χ2v) is 14.2. The average Bonchev–Trinajstić information content (AvgIpc) is 3.47. The van der Waals surface area contributed by atoms with E-state index in [4.69, 9.17) is 4.42 Å². The van der Waals surface area contributed by atoms with Gasteiger partial charge in [-0.15, -0.1) is 0 Å². The van der Waals surface area contributed by atoms with Crippen LogP contribution in [0.4, 0.5) is 17.1 Å². The Bertz CT molecular complexity index is 2210. The third-order valence-corrected chi connectivity index (χ3v) is 11.6. The van der Waals surface area contributed by atoms with E-state index in [0.29, 0.717) is 5.92 Å². The van der Waals surface area contributed by atoms with Crippen LogP contribution in [0.2, 0.25) is 0 Å². The predicted octanol–water partition coefficient (Wildman–Crippen LogP) is 12.4. The van der Waals surface area contributed by atoms with Crippen molar-refractivity contribution >= 4 is 49.8 Å². The molecule has 0 atom stereocenters. The van der Waals surface area contributed by atoms with Crippen molar-refractivity contribution in [2.45, 2.75) is 38.0 Å². The van der Waals surface area contributed by atoms with Crippen LogP contribution in [0.5, 0.6) is 0 Å². The highest BCUT2D eigenvalue weighted by atomic mass is 16.3. The summed E-state index contributed by atoms with van der Waals surface area (Å²) in [4.78, 5) is 2.50. The van der Waals surface area contributed by atoms with E-state index in [9.17, 15) is 0 Å². The lowest BCUT2D eigenvalue weighted by atomic mass is 9.50. The molecule has 0 N–H and O–H groups in total. The molecule has 0 unspecified atom stereocenters.